The van der Waals surface area contributed by atoms with Gasteiger partial charge in [-0.05, 0) is 37.3 Å². The van der Waals surface area contributed by atoms with Crippen LogP contribution >= 0.6 is 0 Å². The van der Waals surface area contributed by atoms with Gasteiger partial charge < -0.3 is 15.3 Å². The minimum Gasteiger partial charge on any atom is -0.506 e. The van der Waals surface area contributed by atoms with Crippen LogP contribution in [-0.4, -0.2) is 46.0 Å². The number of aliphatic hydroxyl groups excluding tert-OH is 1. The van der Waals surface area contributed by atoms with Crippen LogP contribution in [0.2, 0.25) is 0 Å². The number of nitrogens with zero attached hydrogens (tertiary/aromatic N) is 3. The van der Waals surface area contributed by atoms with Crippen LogP contribution in [0.15, 0.2) is 25.4 Å². The highest BCUT2D eigenvalue weighted by Gasteiger charge is 2.37. The molecule has 2 fully saturated rings. The molecule has 1 spiro atoms. The molecule has 0 unspecified atom stereocenters. The van der Waals surface area contributed by atoms with Crippen molar-refractivity contribution in [3.63, 3.8) is 0 Å². The minimum absolute atomic E-state index is 0.00817. The molecule has 3 rings (SSSR count). The van der Waals surface area contributed by atoms with Gasteiger partial charge in [-0.15, -0.1) is 0 Å². The Labute approximate surface area is 119 Å². The van der Waals surface area contributed by atoms with Crippen LogP contribution in [0.5, 0.6) is 0 Å². The van der Waals surface area contributed by atoms with E-state index < -0.39 is 0 Å². The summed E-state index contributed by atoms with van der Waals surface area (Å²) in [6, 6.07) is 1.75. The number of rotatable bonds is 3. The standard InChI is InChI=1S/C15H22N4O/c1-12(20)14-3-8-19(17-14)13(2)18-9-5-15(6-10-18)4-7-16-11-15/h3,8,16,20H,1-2,4-7,9-11H2. The predicted octanol–water partition coefficient (Wildman–Crippen LogP) is 1.92. The van der Waals surface area contributed by atoms with Crippen LogP contribution in [0, 0.1) is 5.41 Å². The van der Waals surface area contributed by atoms with Crippen molar-refractivity contribution in [1.29, 1.82) is 0 Å². The van der Waals surface area contributed by atoms with Gasteiger partial charge in [-0.3, -0.25) is 0 Å². The summed E-state index contributed by atoms with van der Waals surface area (Å²) in [6.07, 6.45) is 5.53. The van der Waals surface area contributed by atoms with Crippen molar-refractivity contribution in [2.75, 3.05) is 26.2 Å². The Morgan fingerprint density at radius 1 is 1.30 bits per heavy atom. The van der Waals surface area contributed by atoms with Gasteiger partial charge in [-0.25, -0.2) is 4.68 Å². The lowest BCUT2D eigenvalue weighted by atomic mass is 9.78. The molecule has 0 amide bonds. The second-order valence-electron chi connectivity index (χ2n) is 5.92. The van der Waals surface area contributed by atoms with Crippen LogP contribution < -0.4 is 5.32 Å². The fourth-order valence-corrected chi connectivity index (χ4v) is 3.23. The molecule has 0 saturated carbocycles. The van der Waals surface area contributed by atoms with Crippen molar-refractivity contribution in [1.82, 2.24) is 20.0 Å². The lowest BCUT2D eigenvalue weighted by molar-refractivity contribution is 0.157. The first kappa shape index (κ1) is 13.2. The maximum absolute atomic E-state index is 9.35. The Morgan fingerprint density at radius 3 is 2.60 bits per heavy atom. The molecular formula is C15H22N4O. The molecule has 1 aromatic rings. The van der Waals surface area contributed by atoms with Crippen LogP contribution in [-0.2, 0) is 0 Å². The van der Waals surface area contributed by atoms with Crippen LogP contribution in [0.4, 0.5) is 0 Å². The molecule has 3 heterocycles. The highest BCUT2D eigenvalue weighted by atomic mass is 16.3. The van der Waals surface area contributed by atoms with E-state index in [1.165, 1.54) is 19.3 Å². The van der Waals surface area contributed by atoms with Gasteiger partial charge in [0, 0.05) is 25.8 Å². The largest absolute Gasteiger partial charge is 0.506 e. The maximum atomic E-state index is 9.35. The van der Waals surface area contributed by atoms with Crippen molar-refractivity contribution in [2.24, 2.45) is 5.41 Å². The van der Waals surface area contributed by atoms with Crippen LogP contribution in [0.1, 0.15) is 25.0 Å². The van der Waals surface area contributed by atoms with Gasteiger partial charge in [-0.2, -0.15) is 5.10 Å². The number of piperidine rings is 1. The summed E-state index contributed by atoms with van der Waals surface area (Å²) in [7, 11) is 0. The zero-order valence-corrected chi connectivity index (χ0v) is 11.8. The molecule has 2 aliphatic heterocycles. The maximum Gasteiger partial charge on any atom is 0.135 e. The molecule has 2 aliphatic rings. The van der Waals surface area contributed by atoms with E-state index in [1.807, 2.05) is 6.20 Å². The average Bonchev–Trinajstić information content (AvgIpc) is 3.08. The Kier molecular flexibility index (Phi) is 3.30. The minimum atomic E-state index is -0.00817. The Hall–Kier alpha value is -1.75. The molecule has 0 radical (unpaired) electrons. The summed E-state index contributed by atoms with van der Waals surface area (Å²) in [5, 5.41) is 17.1. The molecule has 5 nitrogen and oxygen atoms in total. The molecule has 5 heteroatoms. The topological polar surface area (TPSA) is 53.3 Å². The van der Waals surface area contributed by atoms with E-state index in [2.05, 4.69) is 28.5 Å². The van der Waals surface area contributed by atoms with E-state index in [4.69, 9.17) is 0 Å². The summed E-state index contributed by atoms with van der Waals surface area (Å²) in [4.78, 5) is 2.28. The van der Waals surface area contributed by atoms with E-state index in [1.54, 1.807) is 10.7 Å². The van der Waals surface area contributed by atoms with E-state index in [-0.39, 0.29) is 5.76 Å². The number of aliphatic hydroxyl groups is 1. The van der Waals surface area contributed by atoms with Crippen LogP contribution in [0.3, 0.4) is 0 Å². The van der Waals surface area contributed by atoms with Crippen molar-refractivity contribution in [3.05, 3.63) is 31.1 Å². The van der Waals surface area contributed by atoms with E-state index in [0.717, 1.165) is 32.0 Å². The van der Waals surface area contributed by atoms with Gasteiger partial charge in [-0.1, -0.05) is 13.2 Å². The Morgan fingerprint density at radius 2 is 2.05 bits per heavy atom. The Bertz CT molecular complexity index is 518. The first-order valence-corrected chi connectivity index (χ1v) is 7.19. The summed E-state index contributed by atoms with van der Waals surface area (Å²) in [5.41, 5.74) is 1.01. The zero-order valence-electron chi connectivity index (χ0n) is 11.8. The van der Waals surface area contributed by atoms with Crippen molar-refractivity contribution in [2.45, 2.75) is 19.3 Å². The normalized spacial score (nSPS) is 21.3. The van der Waals surface area contributed by atoms with E-state index >= 15 is 0 Å². The van der Waals surface area contributed by atoms with Crippen molar-refractivity contribution in [3.8, 4) is 0 Å². The predicted molar refractivity (Wildman–Crippen MR) is 79.9 cm³/mol. The van der Waals surface area contributed by atoms with E-state index in [9.17, 15) is 5.11 Å². The molecule has 108 valence electrons. The number of aromatic nitrogens is 2. The van der Waals surface area contributed by atoms with Crippen LogP contribution in [0.25, 0.3) is 11.6 Å². The summed E-state index contributed by atoms with van der Waals surface area (Å²) in [5.74, 6) is 0.865. The van der Waals surface area contributed by atoms with Crippen molar-refractivity contribution < 1.29 is 5.11 Å². The van der Waals surface area contributed by atoms with Gasteiger partial charge in [0.05, 0.1) is 0 Å². The third-order valence-corrected chi connectivity index (χ3v) is 4.67. The third kappa shape index (κ3) is 2.33. The second kappa shape index (κ2) is 4.98. The first-order valence-electron chi connectivity index (χ1n) is 7.19. The highest BCUT2D eigenvalue weighted by Crippen LogP contribution is 2.38. The average molecular weight is 274 g/mol. The van der Waals surface area contributed by atoms with Gasteiger partial charge >= 0.3 is 0 Å². The fourth-order valence-electron chi connectivity index (χ4n) is 3.23. The molecule has 0 aliphatic carbocycles. The number of hydrogen-bond donors (Lipinski definition) is 2. The molecule has 2 N–H and O–H groups in total. The van der Waals surface area contributed by atoms with Gasteiger partial charge in [0.15, 0.2) is 0 Å². The second-order valence-corrected chi connectivity index (χ2v) is 5.92. The summed E-state index contributed by atoms with van der Waals surface area (Å²) in [6.45, 7) is 12.0. The molecule has 20 heavy (non-hydrogen) atoms. The molecule has 0 aromatic carbocycles. The van der Waals surface area contributed by atoms with E-state index in [0.29, 0.717) is 11.1 Å². The first-order chi connectivity index (χ1) is 9.60. The molecular weight excluding hydrogens is 252 g/mol. The quantitative estimate of drug-likeness (QED) is 0.827. The smallest absolute Gasteiger partial charge is 0.135 e. The fraction of sp³-hybridized carbons (Fsp3) is 0.533. The number of likely N-dealkylation sites (tertiary alicyclic amines) is 1. The SMILES string of the molecule is C=C(O)c1ccn(C(=C)N2CCC3(CCNC3)CC2)n1. The van der Waals surface area contributed by atoms with Gasteiger partial charge in [0.1, 0.15) is 17.3 Å². The summed E-state index contributed by atoms with van der Waals surface area (Å²) >= 11 is 0. The number of hydrogen-bond acceptors (Lipinski definition) is 4. The molecule has 0 bridgehead atoms. The third-order valence-electron chi connectivity index (χ3n) is 4.67. The number of nitrogens with one attached hydrogen (secondary N) is 1. The summed E-state index contributed by atoms with van der Waals surface area (Å²) < 4.78 is 1.72. The lowest BCUT2D eigenvalue weighted by Crippen LogP contribution is -2.41. The monoisotopic (exact) mass is 274 g/mol. The van der Waals surface area contributed by atoms with Gasteiger partial charge in [0.25, 0.3) is 0 Å². The lowest BCUT2D eigenvalue weighted by Gasteiger charge is -2.40. The molecule has 0 atom stereocenters. The highest BCUT2D eigenvalue weighted by molar-refractivity contribution is 5.52. The molecule has 2 saturated heterocycles. The van der Waals surface area contributed by atoms with Crippen molar-refractivity contribution >= 4 is 11.6 Å². The van der Waals surface area contributed by atoms with Gasteiger partial charge in [0.2, 0.25) is 0 Å². The zero-order chi connectivity index (χ0) is 14.2. The molecule has 1 aromatic heterocycles. The Balaban J connectivity index is 1.65.